The van der Waals surface area contributed by atoms with Gasteiger partial charge in [0.1, 0.15) is 12.9 Å². The number of benzene rings is 1. The van der Waals surface area contributed by atoms with Crippen LogP contribution in [0.4, 0.5) is 19.3 Å². The number of hydrogen-bond donors (Lipinski definition) is 0. The minimum atomic E-state index is -0.558. The number of fused-ring (bicyclic) bond motifs is 1. The SMILES string of the molecule is O=C1S[C@@H](CF)CN1c1coc2c(F)cccc12. The van der Waals surface area contributed by atoms with Crippen LogP contribution in [0.2, 0.25) is 0 Å². The van der Waals surface area contributed by atoms with Gasteiger partial charge in [-0.1, -0.05) is 17.8 Å². The summed E-state index contributed by atoms with van der Waals surface area (Å²) in [7, 11) is 0. The summed E-state index contributed by atoms with van der Waals surface area (Å²) in [4.78, 5) is 13.2. The van der Waals surface area contributed by atoms with E-state index in [1.165, 1.54) is 17.2 Å². The van der Waals surface area contributed by atoms with Crippen molar-refractivity contribution >= 4 is 33.7 Å². The van der Waals surface area contributed by atoms with E-state index in [1.54, 1.807) is 12.1 Å². The first-order valence-electron chi connectivity index (χ1n) is 5.40. The highest BCUT2D eigenvalue weighted by Crippen LogP contribution is 2.36. The topological polar surface area (TPSA) is 33.5 Å². The molecule has 0 saturated carbocycles. The second-order valence-electron chi connectivity index (χ2n) is 4.01. The maximum atomic E-state index is 13.5. The van der Waals surface area contributed by atoms with E-state index in [-0.39, 0.29) is 22.6 Å². The Morgan fingerprint density at radius 1 is 1.50 bits per heavy atom. The number of hydrogen-bond acceptors (Lipinski definition) is 3. The lowest BCUT2D eigenvalue weighted by molar-refractivity contribution is 0.266. The van der Waals surface area contributed by atoms with Gasteiger partial charge < -0.3 is 4.42 Å². The average Bonchev–Trinajstić information content (AvgIpc) is 2.93. The summed E-state index contributed by atoms with van der Waals surface area (Å²) < 4.78 is 31.2. The highest BCUT2D eigenvalue weighted by Gasteiger charge is 2.33. The van der Waals surface area contributed by atoms with E-state index >= 15 is 0 Å². The molecule has 1 aromatic heterocycles. The number of halogens is 2. The summed E-state index contributed by atoms with van der Waals surface area (Å²) in [5.41, 5.74) is 0.618. The molecule has 0 unspecified atom stereocenters. The number of alkyl halides is 1. The van der Waals surface area contributed by atoms with Gasteiger partial charge in [0.25, 0.3) is 5.24 Å². The van der Waals surface area contributed by atoms with E-state index in [0.29, 0.717) is 11.1 Å². The maximum Gasteiger partial charge on any atom is 0.286 e. The van der Waals surface area contributed by atoms with Crippen molar-refractivity contribution in [1.82, 2.24) is 0 Å². The van der Waals surface area contributed by atoms with Crippen LogP contribution >= 0.6 is 11.8 Å². The molecule has 0 radical (unpaired) electrons. The molecule has 2 heterocycles. The molecule has 1 fully saturated rings. The Morgan fingerprint density at radius 2 is 2.33 bits per heavy atom. The van der Waals surface area contributed by atoms with Crippen LogP contribution in [0.3, 0.4) is 0 Å². The molecule has 0 bridgehead atoms. The van der Waals surface area contributed by atoms with E-state index < -0.39 is 12.5 Å². The van der Waals surface area contributed by atoms with Crippen LogP contribution in [-0.2, 0) is 0 Å². The lowest BCUT2D eigenvalue weighted by atomic mass is 10.2. The molecular weight excluding hydrogens is 260 g/mol. The Balaban J connectivity index is 2.05. The first-order valence-corrected chi connectivity index (χ1v) is 6.28. The molecule has 1 atom stereocenters. The van der Waals surface area contributed by atoms with Gasteiger partial charge in [-0.3, -0.25) is 9.69 Å². The summed E-state index contributed by atoms with van der Waals surface area (Å²) in [6, 6.07) is 4.52. The summed E-state index contributed by atoms with van der Waals surface area (Å²) >= 11 is 0.961. The smallest absolute Gasteiger partial charge is 0.286 e. The Labute approximate surface area is 106 Å². The van der Waals surface area contributed by atoms with Crippen molar-refractivity contribution in [2.75, 3.05) is 18.1 Å². The quantitative estimate of drug-likeness (QED) is 0.835. The molecule has 1 amide bonds. The predicted molar refractivity (Wildman–Crippen MR) is 66.3 cm³/mol. The molecule has 0 N–H and O–H groups in total. The van der Waals surface area contributed by atoms with Crippen molar-refractivity contribution < 1.29 is 18.0 Å². The van der Waals surface area contributed by atoms with E-state index in [9.17, 15) is 13.6 Å². The van der Waals surface area contributed by atoms with Gasteiger partial charge in [-0.15, -0.1) is 0 Å². The van der Waals surface area contributed by atoms with E-state index in [1.807, 2.05) is 0 Å². The van der Waals surface area contributed by atoms with Crippen LogP contribution in [0.5, 0.6) is 0 Å². The van der Waals surface area contributed by atoms with E-state index in [4.69, 9.17) is 4.42 Å². The standard InChI is InChI=1S/C12H9F2NO2S/c13-4-7-5-15(12(16)18-7)10-6-17-11-8(10)2-1-3-9(11)14/h1-3,6-7H,4-5H2/t7-/m0/s1. The van der Waals surface area contributed by atoms with Gasteiger partial charge in [0, 0.05) is 11.9 Å². The highest BCUT2D eigenvalue weighted by atomic mass is 32.2. The van der Waals surface area contributed by atoms with Gasteiger partial charge in [-0.05, 0) is 12.1 Å². The fourth-order valence-electron chi connectivity index (χ4n) is 2.02. The number of amides is 1. The zero-order valence-corrected chi connectivity index (χ0v) is 10.0. The molecule has 3 rings (SSSR count). The molecule has 0 spiro atoms. The average molecular weight is 269 g/mol. The molecule has 18 heavy (non-hydrogen) atoms. The predicted octanol–water partition coefficient (Wildman–Crippen LogP) is 3.58. The number of thioether (sulfide) groups is 1. The molecule has 1 aromatic carbocycles. The zero-order valence-electron chi connectivity index (χ0n) is 9.23. The highest BCUT2D eigenvalue weighted by molar-refractivity contribution is 8.14. The van der Waals surface area contributed by atoms with Crippen LogP contribution < -0.4 is 4.90 Å². The molecule has 1 aliphatic heterocycles. The fraction of sp³-hybridized carbons (Fsp3) is 0.250. The van der Waals surface area contributed by atoms with Gasteiger partial charge in [0.2, 0.25) is 0 Å². The van der Waals surface area contributed by atoms with Crippen molar-refractivity contribution in [3.05, 3.63) is 30.3 Å². The molecule has 6 heteroatoms. The third kappa shape index (κ3) is 1.68. The van der Waals surface area contributed by atoms with Gasteiger partial charge in [-0.2, -0.15) is 0 Å². The Bertz CT molecular complexity index is 613. The second kappa shape index (κ2) is 4.28. The Morgan fingerprint density at radius 3 is 3.06 bits per heavy atom. The van der Waals surface area contributed by atoms with E-state index in [2.05, 4.69) is 0 Å². The number of furan rings is 1. The summed E-state index contributed by atoms with van der Waals surface area (Å²) in [6.45, 7) is -0.276. The van der Waals surface area contributed by atoms with Crippen LogP contribution in [0, 0.1) is 5.82 Å². The number of nitrogens with zero attached hydrogens (tertiary/aromatic N) is 1. The first kappa shape index (κ1) is 11.5. The Kier molecular flexibility index (Phi) is 2.74. The molecule has 1 aliphatic rings. The largest absolute Gasteiger partial charge is 0.459 e. The van der Waals surface area contributed by atoms with Crippen molar-refractivity contribution in [2.45, 2.75) is 5.25 Å². The maximum absolute atomic E-state index is 13.5. The van der Waals surface area contributed by atoms with Crippen LogP contribution in [0.25, 0.3) is 11.0 Å². The van der Waals surface area contributed by atoms with Crippen molar-refractivity contribution in [1.29, 1.82) is 0 Å². The minimum absolute atomic E-state index is 0.119. The molecular formula is C12H9F2NO2S. The van der Waals surface area contributed by atoms with Crippen LogP contribution in [0.15, 0.2) is 28.9 Å². The monoisotopic (exact) mass is 269 g/mol. The van der Waals surface area contributed by atoms with Crippen LogP contribution in [-0.4, -0.2) is 23.7 Å². The normalized spacial score (nSPS) is 20.0. The molecule has 94 valence electrons. The number of rotatable bonds is 2. The lowest BCUT2D eigenvalue weighted by Crippen LogP contribution is -2.24. The summed E-state index contributed by atoms with van der Waals surface area (Å²) in [5, 5.41) is -0.0657. The number of para-hydroxylation sites is 1. The van der Waals surface area contributed by atoms with Gasteiger partial charge >= 0.3 is 0 Å². The summed E-state index contributed by atoms with van der Waals surface area (Å²) in [6.07, 6.45) is 1.34. The first-order chi connectivity index (χ1) is 8.70. The molecule has 2 aromatic rings. The van der Waals surface area contributed by atoms with Gasteiger partial charge in [0.15, 0.2) is 11.4 Å². The van der Waals surface area contributed by atoms with Gasteiger partial charge in [0.05, 0.1) is 10.9 Å². The van der Waals surface area contributed by atoms with Crippen molar-refractivity contribution in [3.63, 3.8) is 0 Å². The fourth-order valence-corrected chi connectivity index (χ4v) is 2.89. The number of carbonyl (C=O) groups is 1. The lowest BCUT2D eigenvalue weighted by Gasteiger charge is -2.12. The molecule has 0 aliphatic carbocycles. The van der Waals surface area contributed by atoms with E-state index in [0.717, 1.165) is 11.8 Å². The third-order valence-corrected chi connectivity index (χ3v) is 3.90. The number of anilines is 1. The second-order valence-corrected chi connectivity index (χ2v) is 5.26. The third-order valence-electron chi connectivity index (χ3n) is 2.87. The van der Waals surface area contributed by atoms with Crippen LogP contribution in [0.1, 0.15) is 0 Å². The van der Waals surface area contributed by atoms with Crippen molar-refractivity contribution in [3.8, 4) is 0 Å². The van der Waals surface area contributed by atoms with Gasteiger partial charge in [-0.25, -0.2) is 8.78 Å². The molecule has 1 saturated heterocycles. The summed E-state index contributed by atoms with van der Waals surface area (Å²) in [5.74, 6) is -0.472. The zero-order chi connectivity index (χ0) is 12.7. The van der Waals surface area contributed by atoms with Crippen molar-refractivity contribution in [2.24, 2.45) is 0 Å². The minimum Gasteiger partial charge on any atom is -0.459 e. The number of carbonyl (C=O) groups excluding carboxylic acids is 1. The Hall–Kier alpha value is -1.56. The molecule has 3 nitrogen and oxygen atoms in total.